The minimum atomic E-state index is -0.0761. The Morgan fingerprint density at radius 2 is 1.84 bits per heavy atom. The molecule has 0 bridgehead atoms. The molecule has 5 nitrogen and oxygen atoms in total. The summed E-state index contributed by atoms with van der Waals surface area (Å²) in [5.41, 5.74) is 3.78. The molecule has 0 saturated heterocycles. The number of thioether (sulfide) groups is 1. The van der Waals surface area contributed by atoms with E-state index in [0.29, 0.717) is 0 Å². The van der Waals surface area contributed by atoms with Gasteiger partial charge in [-0.3, -0.25) is 9.59 Å². The van der Waals surface area contributed by atoms with Gasteiger partial charge in [0.25, 0.3) is 0 Å². The van der Waals surface area contributed by atoms with Crippen molar-refractivity contribution in [2.75, 3.05) is 22.5 Å². The van der Waals surface area contributed by atoms with Crippen molar-refractivity contribution >= 4 is 57.1 Å². The average Bonchev–Trinajstić information content (AvgIpc) is 3.45. The molecule has 5 rings (SSSR count). The largest absolute Gasteiger partial charge is 0.325 e. The van der Waals surface area contributed by atoms with Crippen molar-refractivity contribution in [3.63, 3.8) is 0 Å². The number of aromatic nitrogens is 1. The van der Waals surface area contributed by atoms with E-state index < -0.39 is 0 Å². The fraction of sp³-hybridized carbons (Fsp3) is 0.160. The van der Waals surface area contributed by atoms with Crippen molar-refractivity contribution in [3.8, 4) is 0 Å². The summed E-state index contributed by atoms with van der Waals surface area (Å²) >= 11 is 2.86. The number of rotatable bonds is 6. The predicted molar refractivity (Wildman–Crippen MR) is 132 cm³/mol. The number of hydrogen-bond acceptors (Lipinski definition) is 5. The molecular weight excluding hydrogens is 438 g/mol. The molecule has 2 heterocycles. The first-order chi connectivity index (χ1) is 15.7. The molecule has 0 atom stereocenters. The third-order valence-corrected chi connectivity index (χ3v) is 7.51. The number of fused-ring (bicyclic) bond motifs is 2. The Morgan fingerprint density at radius 3 is 2.78 bits per heavy atom. The molecule has 0 aliphatic carbocycles. The average molecular weight is 460 g/mol. The summed E-state index contributed by atoms with van der Waals surface area (Å²) in [6.45, 7) is 0.720. The van der Waals surface area contributed by atoms with Gasteiger partial charge in [0, 0.05) is 28.7 Å². The maximum absolute atomic E-state index is 12.8. The van der Waals surface area contributed by atoms with Crippen molar-refractivity contribution in [2.45, 2.75) is 17.2 Å². The van der Waals surface area contributed by atoms with E-state index in [1.54, 1.807) is 0 Å². The van der Waals surface area contributed by atoms with Gasteiger partial charge in [-0.2, -0.15) is 0 Å². The fourth-order valence-corrected chi connectivity index (χ4v) is 5.58. The lowest BCUT2D eigenvalue weighted by molar-refractivity contribution is -0.118. The topological polar surface area (TPSA) is 62.3 Å². The van der Waals surface area contributed by atoms with Crippen LogP contribution in [0.15, 0.2) is 76.4 Å². The Kier molecular flexibility index (Phi) is 5.92. The van der Waals surface area contributed by atoms with Crippen molar-refractivity contribution in [3.05, 3.63) is 83.4 Å². The minimum absolute atomic E-state index is 0.0606. The number of para-hydroxylation sites is 1. The molecular formula is C25H21N3O2S2. The van der Waals surface area contributed by atoms with E-state index in [9.17, 15) is 9.59 Å². The van der Waals surface area contributed by atoms with Crippen LogP contribution in [0.2, 0.25) is 0 Å². The van der Waals surface area contributed by atoms with Crippen LogP contribution in [0.5, 0.6) is 0 Å². The van der Waals surface area contributed by atoms with Gasteiger partial charge in [0.2, 0.25) is 11.8 Å². The number of thiazole rings is 1. The number of hydrogen-bond donors (Lipinski definition) is 1. The van der Waals surface area contributed by atoms with Crippen LogP contribution >= 0.6 is 23.1 Å². The fourth-order valence-electron chi connectivity index (χ4n) is 3.93. The van der Waals surface area contributed by atoms with Crippen LogP contribution in [0.25, 0.3) is 10.8 Å². The molecule has 2 amide bonds. The molecule has 1 N–H and O–H groups in total. The standard InChI is InChI=1S/C25H21N3O2S2/c29-23(27-21-10-5-8-17-6-1-3-9-20(17)21)16-32-25-26-19(15-31-25)14-24(30)28-13-12-18-7-2-4-11-22(18)28/h1-11,15H,12-14,16H2,(H,27,29). The Morgan fingerprint density at radius 1 is 1.03 bits per heavy atom. The first-order valence-electron chi connectivity index (χ1n) is 10.4. The molecule has 160 valence electrons. The van der Waals surface area contributed by atoms with Crippen LogP contribution < -0.4 is 10.2 Å². The molecule has 0 spiro atoms. The summed E-state index contributed by atoms with van der Waals surface area (Å²) in [7, 11) is 0. The van der Waals surface area contributed by atoms with Gasteiger partial charge >= 0.3 is 0 Å². The van der Waals surface area contributed by atoms with Gasteiger partial charge in [-0.05, 0) is 29.5 Å². The maximum atomic E-state index is 12.8. The number of benzene rings is 3. The zero-order valence-corrected chi connectivity index (χ0v) is 18.9. The highest BCUT2D eigenvalue weighted by Gasteiger charge is 2.24. The van der Waals surface area contributed by atoms with Gasteiger partial charge < -0.3 is 10.2 Å². The van der Waals surface area contributed by atoms with Gasteiger partial charge in [0.15, 0.2) is 4.34 Å². The monoisotopic (exact) mass is 459 g/mol. The van der Waals surface area contributed by atoms with Crippen LogP contribution in [0.3, 0.4) is 0 Å². The molecule has 1 aliphatic rings. The van der Waals surface area contributed by atoms with E-state index in [4.69, 9.17) is 0 Å². The molecule has 3 aromatic carbocycles. The second kappa shape index (κ2) is 9.14. The van der Waals surface area contributed by atoms with Crippen LogP contribution in [0.1, 0.15) is 11.3 Å². The number of carbonyl (C=O) groups is 2. The summed E-state index contributed by atoms with van der Waals surface area (Å²) in [6, 6.07) is 21.9. The summed E-state index contributed by atoms with van der Waals surface area (Å²) in [4.78, 5) is 31.7. The number of nitrogens with zero attached hydrogens (tertiary/aromatic N) is 2. The number of nitrogens with one attached hydrogen (secondary N) is 1. The summed E-state index contributed by atoms with van der Waals surface area (Å²) in [5, 5.41) is 7.02. The van der Waals surface area contributed by atoms with Crippen molar-refractivity contribution in [1.29, 1.82) is 0 Å². The van der Waals surface area contributed by atoms with Crippen LogP contribution in [-0.4, -0.2) is 29.1 Å². The zero-order valence-electron chi connectivity index (χ0n) is 17.3. The molecule has 7 heteroatoms. The molecule has 0 unspecified atom stereocenters. The van der Waals surface area contributed by atoms with Gasteiger partial charge in [-0.25, -0.2) is 4.98 Å². The minimum Gasteiger partial charge on any atom is -0.325 e. The lowest BCUT2D eigenvalue weighted by Gasteiger charge is -2.16. The second-order valence-corrected chi connectivity index (χ2v) is 9.65. The predicted octanol–water partition coefficient (Wildman–Crippen LogP) is 5.16. The summed E-state index contributed by atoms with van der Waals surface area (Å²) in [6.07, 6.45) is 1.17. The highest BCUT2D eigenvalue weighted by Crippen LogP contribution is 2.29. The highest BCUT2D eigenvalue weighted by molar-refractivity contribution is 8.01. The van der Waals surface area contributed by atoms with Crippen LogP contribution in [0, 0.1) is 0 Å². The summed E-state index contributed by atoms with van der Waals surface area (Å²) < 4.78 is 0.794. The molecule has 0 radical (unpaired) electrons. The SMILES string of the molecule is O=C(CSc1nc(CC(=O)N2CCc3ccccc32)cs1)Nc1cccc2ccccc12. The third-order valence-electron chi connectivity index (χ3n) is 5.44. The quantitative estimate of drug-likeness (QED) is 0.405. The van der Waals surface area contributed by atoms with Crippen LogP contribution in [-0.2, 0) is 22.4 Å². The van der Waals surface area contributed by atoms with Gasteiger partial charge in [-0.1, -0.05) is 66.4 Å². The molecule has 1 aromatic heterocycles. The van der Waals surface area contributed by atoms with Crippen molar-refractivity contribution in [1.82, 2.24) is 4.98 Å². The van der Waals surface area contributed by atoms with E-state index in [1.807, 2.05) is 70.9 Å². The lowest BCUT2D eigenvalue weighted by atomic mass is 10.1. The molecule has 4 aromatic rings. The normalized spacial score (nSPS) is 12.7. The van der Waals surface area contributed by atoms with Gasteiger partial charge in [-0.15, -0.1) is 11.3 Å². The van der Waals surface area contributed by atoms with Crippen molar-refractivity contribution < 1.29 is 9.59 Å². The van der Waals surface area contributed by atoms with E-state index in [-0.39, 0.29) is 24.0 Å². The summed E-state index contributed by atoms with van der Waals surface area (Å²) in [5.74, 6) is 0.252. The smallest absolute Gasteiger partial charge is 0.234 e. The van der Waals surface area contributed by atoms with Crippen LogP contribution in [0.4, 0.5) is 11.4 Å². The molecule has 0 fully saturated rings. The van der Waals surface area contributed by atoms with E-state index in [0.717, 1.165) is 45.1 Å². The Hall–Kier alpha value is -3.16. The first kappa shape index (κ1) is 20.7. The lowest BCUT2D eigenvalue weighted by Crippen LogP contribution is -2.30. The first-order valence-corrected chi connectivity index (χ1v) is 12.3. The number of amides is 2. The zero-order chi connectivity index (χ0) is 21.9. The molecule has 32 heavy (non-hydrogen) atoms. The number of anilines is 2. The highest BCUT2D eigenvalue weighted by atomic mass is 32.2. The molecule has 0 saturated carbocycles. The van der Waals surface area contributed by atoms with Gasteiger partial charge in [0.1, 0.15) is 0 Å². The Labute approximate surface area is 194 Å². The third kappa shape index (κ3) is 4.40. The van der Waals surface area contributed by atoms with E-state index >= 15 is 0 Å². The number of carbonyl (C=O) groups excluding carboxylic acids is 2. The second-order valence-electron chi connectivity index (χ2n) is 7.57. The van der Waals surface area contributed by atoms with E-state index in [2.05, 4.69) is 16.4 Å². The van der Waals surface area contributed by atoms with Crippen molar-refractivity contribution in [2.24, 2.45) is 0 Å². The Balaban J connectivity index is 1.17. The Bertz CT molecular complexity index is 1300. The molecule has 1 aliphatic heterocycles. The van der Waals surface area contributed by atoms with Gasteiger partial charge in [0.05, 0.1) is 17.9 Å². The maximum Gasteiger partial charge on any atom is 0.234 e. The van der Waals surface area contributed by atoms with E-state index in [1.165, 1.54) is 28.7 Å².